The van der Waals surface area contributed by atoms with Crippen LogP contribution in [-0.4, -0.2) is 45.9 Å². The quantitative estimate of drug-likeness (QED) is 0.361. The van der Waals surface area contributed by atoms with Crippen molar-refractivity contribution in [1.82, 2.24) is 10.7 Å². The van der Waals surface area contributed by atoms with Crippen molar-refractivity contribution in [2.45, 2.75) is 12.8 Å². The lowest BCUT2D eigenvalue weighted by Crippen LogP contribution is -2.31. The van der Waals surface area contributed by atoms with Crippen molar-refractivity contribution in [3.63, 3.8) is 0 Å². The molecular formula is C21H25N3O5. The maximum Gasteiger partial charge on any atom is 0.249 e. The first-order valence-corrected chi connectivity index (χ1v) is 8.99. The number of carbonyl (C=O) groups excluding carboxylic acids is 2. The molecule has 0 fully saturated rings. The fraction of sp³-hybridized carbons (Fsp3) is 0.286. The molecule has 0 radical (unpaired) electrons. The average molecular weight is 399 g/mol. The number of methoxy groups -OCH3 is 3. The summed E-state index contributed by atoms with van der Waals surface area (Å²) in [7, 11) is 4.73. The Morgan fingerprint density at radius 3 is 2.31 bits per heavy atom. The van der Waals surface area contributed by atoms with E-state index in [2.05, 4.69) is 15.8 Å². The fourth-order valence-corrected chi connectivity index (χ4v) is 2.50. The summed E-state index contributed by atoms with van der Waals surface area (Å²) < 4.78 is 15.5. The predicted molar refractivity (Wildman–Crippen MR) is 110 cm³/mol. The summed E-state index contributed by atoms with van der Waals surface area (Å²) in [6.45, 7) is 0.400. The molecular weight excluding hydrogens is 374 g/mol. The molecule has 0 heterocycles. The van der Waals surface area contributed by atoms with Crippen LogP contribution in [-0.2, 0) is 16.0 Å². The van der Waals surface area contributed by atoms with Crippen molar-refractivity contribution in [3.8, 4) is 17.2 Å². The Kier molecular flexibility index (Phi) is 8.50. The van der Waals surface area contributed by atoms with Crippen molar-refractivity contribution in [2.75, 3.05) is 27.9 Å². The zero-order chi connectivity index (χ0) is 21.1. The number of rotatable bonds is 10. The molecule has 2 aromatic carbocycles. The van der Waals surface area contributed by atoms with Gasteiger partial charge in [0.25, 0.3) is 0 Å². The number of ether oxygens (including phenoxy) is 3. The minimum absolute atomic E-state index is 0.300. The molecule has 2 N–H and O–H groups in total. The number of nitrogens with zero attached hydrogens (tertiary/aromatic N) is 1. The molecule has 29 heavy (non-hydrogen) atoms. The van der Waals surface area contributed by atoms with Crippen LogP contribution >= 0.6 is 0 Å². The third-order valence-electron chi connectivity index (χ3n) is 4.02. The normalized spacial score (nSPS) is 10.4. The van der Waals surface area contributed by atoms with Gasteiger partial charge in [-0.1, -0.05) is 6.07 Å². The van der Waals surface area contributed by atoms with Crippen molar-refractivity contribution >= 4 is 18.0 Å². The van der Waals surface area contributed by atoms with Crippen LogP contribution in [0.3, 0.4) is 0 Å². The number of nitrogens with one attached hydrogen (secondary N) is 2. The molecule has 0 spiro atoms. The number of hydrogen-bond donors (Lipinski definition) is 2. The van der Waals surface area contributed by atoms with Crippen molar-refractivity contribution in [3.05, 3.63) is 53.6 Å². The summed E-state index contributed by atoms with van der Waals surface area (Å²) in [5.41, 5.74) is 4.11. The Morgan fingerprint density at radius 2 is 1.66 bits per heavy atom. The first-order valence-electron chi connectivity index (χ1n) is 8.99. The fourth-order valence-electron chi connectivity index (χ4n) is 2.50. The van der Waals surface area contributed by atoms with Gasteiger partial charge in [-0.3, -0.25) is 9.59 Å². The second-order valence-electron chi connectivity index (χ2n) is 6.03. The highest BCUT2D eigenvalue weighted by molar-refractivity contribution is 5.97. The second-order valence-corrected chi connectivity index (χ2v) is 6.03. The lowest BCUT2D eigenvalue weighted by Gasteiger charge is -2.10. The van der Waals surface area contributed by atoms with E-state index in [9.17, 15) is 9.59 Å². The third kappa shape index (κ3) is 7.17. The van der Waals surface area contributed by atoms with E-state index in [4.69, 9.17) is 14.2 Å². The Morgan fingerprint density at radius 1 is 0.931 bits per heavy atom. The van der Waals surface area contributed by atoms with E-state index in [0.717, 1.165) is 16.9 Å². The molecule has 0 saturated carbocycles. The molecule has 2 amide bonds. The summed E-state index contributed by atoms with van der Waals surface area (Å²) >= 11 is 0. The van der Waals surface area contributed by atoms with E-state index in [0.29, 0.717) is 24.5 Å². The van der Waals surface area contributed by atoms with Crippen molar-refractivity contribution < 1.29 is 23.8 Å². The van der Waals surface area contributed by atoms with Crippen LogP contribution in [0.25, 0.3) is 0 Å². The van der Waals surface area contributed by atoms with Gasteiger partial charge in [0, 0.05) is 6.54 Å². The largest absolute Gasteiger partial charge is 0.497 e. The Hall–Kier alpha value is -3.55. The van der Waals surface area contributed by atoms with Crippen LogP contribution in [0.2, 0.25) is 0 Å². The van der Waals surface area contributed by atoms with Gasteiger partial charge in [-0.25, -0.2) is 5.43 Å². The van der Waals surface area contributed by atoms with Gasteiger partial charge < -0.3 is 19.5 Å². The van der Waals surface area contributed by atoms with Gasteiger partial charge in [0.2, 0.25) is 11.8 Å². The van der Waals surface area contributed by atoms with Gasteiger partial charge in [0.05, 0.1) is 27.5 Å². The number of hydrogen-bond acceptors (Lipinski definition) is 6. The number of amides is 2. The third-order valence-corrected chi connectivity index (χ3v) is 4.02. The van der Waals surface area contributed by atoms with E-state index < -0.39 is 5.91 Å². The molecule has 0 aliphatic heterocycles. The van der Waals surface area contributed by atoms with Gasteiger partial charge >= 0.3 is 0 Å². The Balaban J connectivity index is 1.71. The molecule has 8 heteroatoms. The van der Waals surface area contributed by atoms with Crippen LogP contribution in [0.1, 0.15) is 17.5 Å². The monoisotopic (exact) mass is 399 g/mol. The highest BCUT2D eigenvalue weighted by atomic mass is 16.5. The second kappa shape index (κ2) is 11.3. The highest BCUT2D eigenvalue weighted by Crippen LogP contribution is 2.27. The van der Waals surface area contributed by atoms with E-state index in [-0.39, 0.29) is 12.3 Å². The first kappa shape index (κ1) is 21.7. The van der Waals surface area contributed by atoms with Gasteiger partial charge in [0.1, 0.15) is 12.2 Å². The molecule has 0 unspecified atom stereocenters. The molecule has 8 nitrogen and oxygen atoms in total. The van der Waals surface area contributed by atoms with E-state index in [1.54, 1.807) is 45.6 Å². The van der Waals surface area contributed by atoms with Gasteiger partial charge in [-0.2, -0.15) is 5.10 Å². The molecule has 0 aliphatic rings. The molecule has 0 aliphatic carbocycles. The average Bonchev–Trinajstić information content (AvgIpc) is 2.74. The summed E-state index contributed by atoms with van der Waals surface area (Å²) in [5, 5.41) is 6.55. The predicted octanol–water partition coefficient (Wildman–Crippen LogP) is 1.91. The molecule has 2 rings (SSSR count). The van der Waals surface area contributed by atoms with Crippen LogP contribution in [0.4, 0.5) is 0 Å². The van der Waals surface area contributed by atoms with E-state index >= 15 is 0 Å². The van der Waals surface area contributed by atoms with Crippen LogP contribution in [0.15, 0.2) is 47.6 Å². The topological polar surface area (TPSA) is 98.2 Å². The molecule has 0 aromatic heterocycles. The molecule has 154 valence electrons. The number of benzene rings is 2. The van der Waals surface area contributed by atoms with Crippen LogP contribution < -0.4 is 25.0 Å². The lowest BCUT2D eigenvalue weighted by molar-refractivity contribution is -0.129. The molecule has 0 bridgehead atoms. The van der Waals surface area contributed by atoms with Crippen molar-refractivity contribution in [2.24, 2.45) is 5.10 Å². The SMILES string of the molecule is COc1ccc(/C=N\NC(=O)CC(=O)NCCc2ccc(OC)c(OC)c2)cc1. The van der Waals surface area contributed by atoms with Gasteiger partial charge in [0.15, 0.2) is 11.5 Å². The number of carbonyl (C=O) groups is 2. The lowest BCUT2D eigenvalue weighted by atomic mass is 10.1. The Labute approximate surface area is 169 Å². The highest BCUT2D eigenvalue weighted by Gasteiger charge is 2.09. The summed E-state index contributed by atoms with van der Waals surface area (Å²) in [6.07, 6.45) is 1.79. The minimum Gasteiger partial charge on any atom is -0.497 e. The molecule has 0 saturated heterocycles. The maximum atomic E-state index is 11.9. The minimum atomic E-state index is -0.488. The smallest absolute Gasteiger partial charge is 0.249 e. The first-order chi connectivity index (χ1) is 14.0. The summed E-state index contributed by atoms with van der Waals surface area (Å²) in [4.78, 5) is 23.7. The van der Waals surface area contributed by atoms with Crippen molar-refractivity contribution in [1.29, 1.82) is 0 Å². The van der Waals surface area contributed by atoms with E-state index in [1.165, 1.54) is 6.21 Å². The standard InChI is InChI=1S/C21H25N3O5/c1-27-17-7-4-16(5-8-17)14-23-24-21(26)13-20(25)22-11-10-15-6-9-18(28-2)19(12-15)29-3/h4-9,12,14H,10-11,13H2,1-3H3,(H,22,25)(H,24,26)/b23-14-. The number of hydrazone groups is 1. The van der Waals surface area contributed by atoms with E-state index in [1.807, 2.05) is 18.2 Å². The van der Waals surface area contributed by atoms with Gasteiger partial charge in [-0.05, 0) is 53.9 Å². The molecule has 2 aromatic rings. The zero-order valence-corrected chi connectivity index (χ0v) is 16.7. The van der Waals surface area contributed by atoms with Crippen LogP contribution in [0, 0.1) is 0 Å². The molecule has 0 atom stereocenters. The Bertz CT molecular complexity index is 850. The zero-order valence-electron chi connectivity index (χ0n) is 16.7. The van der Waals surface area contributed by atoms with Crippen LogP contribution in [0.5, 0.6) is 17.2 Å². The van der Waals surface area contributed by atoms with Gasteiger partial charge in [-0.15, -0.1) is 0 Å². The summed E-state index contributed by atoms with van der Waals surface area (Å²) in [6, 6.07) is 12.7. The maximum absolute atomic E-state index is 11.9. The summed E-state index contributed by atoms with van der Waals surface area (Å²) in [5.74, 6) is 1.15.